The Morgan fingerprint density at radius 1 is 1.31 bits per heavy atom. The standard InChI is InChI=1S/C27H32BN3O5/c1-6-18-19-10-8-9-11-22(19)30-24-20(18)13-31(5)23(24)12-21(17(14-32)15-35-16-33)27(3,7-2)36-26(34)25(28)29-4/h8-12,14,16,25,29H,6-7,13,15H2,1-5H3/b21-17-,23-12-. The Kier molecular flexibility index (Phi) is 8.68. The molecule has 9 heteroatoms. The molecule has 1 N–H and O–H groups in total. The number of hydrogen-bond donors (Lipinski definition) is 1. The molecule has 2 radical (unpaired) electrons. The zero-order valence-corrected chi connectivity index (χ0v) is 21.5. The van der Waals surface area contributed by atoms with Crippen molar-refractivity contribution >= 4 is 43.2 Å². The van der Waals surface area contributed by atoms with Gasteiger partial charge in [-0.2, -0.15) is 0 Å². The number of aryl methyl sites for hydroxylation is 1. The summed E-state index contributed by atoms with van der Waals surface area (Å²) in [5, 5.41) is 3.78. The van der Waals surface area contributed by atoms with E-state index < -0.39 is 17.5 Å². The van der Waals surface area contributed by atoms with Crippen LogP contribution in [0.3, 0.4) is 0 Å². The Labute approximate surface area is 213 Å². The molecule has 188 valence electrons. The summed E-state index contributed by atoms with van der Waals surface area (Å²) in [6, 6.07) is 8.02. The van der Waals surface area contributed by atoms with Crippen LogP contribution in [0, 0.1) is 0 Å². The van der Waals surface area contributed by atoms with Crippen molar-refractivity contribution in [3.8, 4) is 0 Å². The van der Waals surface area contributed by atoms with E-state index in [1.807, 2.05) is 38.2 Å². The average Bonchev–Trinajstić information content (AvgIpc) is 3.20. The molecule has 2 unspecified atom stereocenters. The van der Waals surface area contributed by atoms with Crippen molar-refractivity contribution in [3.63, 3.8) is 0 Å². The molecular formula is C27H32BN3O5. The van der Waals surface area contributed by atoms with E-state index in [2.05, 4.69) is 23.2 Å². The highest BCUT2D eigenvalue weighted by molar-refractivity contribution is 6.22. The van der Waals surface area contributed by atoms with Crippen molar-refractivity contribution in [2.45, 2.75) is 51.7 Å². The number of ether oxygens (including phenoxy) is 2. The van der Waals surface area contributed by atoms with E-state index in [9.17, 15) is 14.4 Å². The maximum Gasteiger partial charge on any atom is 0.314 e. The van der Waals surface area contributed by atoms with Crippen LogP contribution >= 0.6 is 0 Å². The number of aromatic nitrogens is 1. The number of nitrogens with one attached hydrogen (secondary N) is 1. The van der Waals surface area contributed by atoms with E-state index in [0.29, 0.717) is 24.8 Å². The molecule has 0 bridgehead atoms. The van der Waals surface area contributed by atoms with Gasteiger partial charge in [-0.1, -0.05) is 32.0 Å². The lowest BCUT2D eigenvalue weighted by atomic mass is 9.87. The normalized spacial score (nSPS) is 17.2. The Morgan fingerprint density at radius 2 is 2.03 bits per heavy atom. The quantitative estimate of drug-likeness (QED) is 0.223. The molecular weight excluding hydrogens is 457 g/mol. The molecule has 1 aromatic heterocycles. The molecule has 2 heterocycles. The van der Waals surface area contributed by atoms with Crippen LogP contribution in [0.1, 0.15) is 44.0 Å². The van der Waals surface area contributed by atoms with Crippen LogP contribution in [0.2, 0.25) is 0 Å². The first-order chi connectivity index (χ1) is 17.2. The molecule has 3 rings (SSSR count). The number of nitrogens with zero attached hydrogens (tertiary/aromatic N) is 2. The van der Waals surface area contributed by atoms with Gasteiger partial charge in [-0.25, -0.2) is 4.98 Å². The molecule has 2 aromatic rings. The van der Waals surface area contributed by atoms with Gasteiger partial charge < -0.3 is 19.7 Å². The topological polar surface area (TPSA) is 97.8 Å². The summed E-state index contributed by atoms with van der Waals surface area (Å²) in [6.45, 7) is 6.33. The predicted octanol–water partition coefficient (Wildman–Crippen LogP) is 2.68. The van der Waals surface area contributed by atoms with Crippen LogP contribution in [0.5, 0.6) is 0 Å². The number of pyridine rings is 1. The van der Waals surface area contributed by atoms with E-state index in [0.717, 1.165) is 34.3 Å². The van der Waals surface area contributed by atoms with Crippen molar-refractivity contribution in [2.24, 2.45) is 0 Å². The van der Waals surface area contributed by atoms with Crippen LogP contribution in [0.15, 0.2) is 41.5 Å². The number of para-hydroxylation sites is 1. The first kappa shape index (κ1) is 27.1. The Balaban J connectivity index is 2.26. The zero-order valence-electron chi connectivity index (χ0n) is 21.5. The lowest BCUT2D eigenvalue weighted by Gasteiger charge is -2.33. The van der Waals surface area contributed by atoms with Gasteiger partial charge in [-0.15, -0.1) is 0 Å². The average molecular weight is 489 g/mol. The van der Waals surface area contributed by atoms with Crippen LogP contribution in [-0.2, 0) is 36.8 Å². The van der Waals surface area contributed by atoms with Gasteiger partial charge in [0.25, 0.3) is 6.47 Å². The number of aldehydes is 1. The first-order valence-electron chi connectivity index (χ1n) is 12.0. The van der Waals surface area contributed by atoms with Crippen molar-refractivity contribution < 1.29 is 23.9 Å². The second kappa shape index (κ2) is 11.5. The molecule has 8 nitrogen and oxygen atoms in total. The number of fused-ring (bicyclic) bond motifs is 2. The molecule has 1 aliphatic heterocycles. The smallest absolute Gasteiger partial charge is 0.314 e. The number of rotatable bonds is 11. The third kappa shape index (κ3) is 5.21. The number of esters is 1. The fraction of sp³-hybridized carbons (Fsp3) is 0.407. The Bertz CT molecular complexity index is 1230. The summed E-state index contributed by atoms with van der Waals surface area (Å²) < 4.78 is 10.8. The van der Waals surface area contributed by atoms with Crippen LogP contribution in [-0.4, -0.2) is 68.7 Å². The van der Waals surface area contributed by atoms with Crippen LogP contribution in [0.4, 0.5) is 0 Å². The second-order valence-corrected chi connectivity index (χ2v) is 8.91. The minimum absolute atomic E-state index is 0.183. The molecule has 0 fully saturated rings. The monoisotopic (exact) mass is 489 g/mol. The van der Waals surface area contributed by atoms with Gasteiger partial charge in [-0.05, 0) is 44.5 Å². The molecule has 1 aliphatic rings. The van der Waals surface area contributed by atoms with Gasteiger partial charge in [0.05, 0.1) is 22.8 Å². The molecule has 0 aliphatic carbocycles. The third-order valence-corrected chi connectivity index (χ3v) is 6.73. The van der Waals surface area contributed by atoms with Gasteiger partial charge in [0.2, 0.25) is 0 Å². The number of benzene rings is 1. The zero-order chi connectivity index (χ0) is 26.5. The van der Waals surface area contributed by atoms with Crippen molar-refractivity contribution in [3.05, 3.63) is 58.3 Å². The van der Waals surface area contributed by atoms with Gasteiger partial charge in [-0.3, -0.25) is 14.4 Å². The number of hydrogen-bond acceptors (Lipinski definition) is 8. The maximum atomic E-state index is 12.7. The molecule has 0 spiro atoms. The highest BCUT2D eigenvalue weighted by Crippen LogP contribution is 2.39. The SMILES string of the molecule is [B]C(NC)C(=O)OC(C)(CC)C(/C=C1/c2nc3ccccc3c(CC)c2CN1C)=C(/C=O)COC=O. The second-order valence-electron chi connectivity index (χ2n) is 8.91. The lowest BCUT2D eigenvalue weighted by Crippen LogP contribution is -2.43. The summed E-state index contributed by atoms with van der Waals surface area (Å²) in [5.74, 6) is -1.71. The summed E-state index contributed by atoms with van der Waals surface area (Å²) in [5.41, 5.74) is 4.18. The Hall–Kier alpha value is -3.46. The van der Waals surface area contributed by atoms with E-state index in [4.69, 9.17) is 22.3 Å². The molecule has 0 amide bonds. The lowest BCUT2D eigenvalue weighted by molar-refractivity contribution is -0.155. The van der Waals surface area contributed by atoms with Crippen LogP contribution in [0.25, 0.3) is 16.6 Å². The molecule has 0 saturated heterocycles. The fourth-order valence-corrected chi connectivity index (χ4v) is 4.53. The van der Waals surface area contributed by atoms with E-state index >= 15 is 0 Å². The molecule has 2 atom stereocenters. The summed E-state index contributed by atoms with van der Waals surface area (Å²) >= 11 is 0. The van der Waals surface area contributed by atoms with E-state index in [-0.39, 0.29) is 18.7 Å². The van der Waals surface area contributed by atoms with Crippen molar-refractivity contribution in [1.29, 1.82) is 0 Å². The minimum Gasteiger partial charge on any atom is -0.463 e. The number of carbonyl (C=O) groups excluding carboxylic acids is 3. The predicted molar refractivity (Wildman–Crippen MR) is 139 cm³/mol. The summed E-state index contributed by atoms with van der Waals surface area (Å²) in [6.07, 6.45) is 3.62. The largest absolute Gasteiger partial charge is 0.463 e. The van der Waals surface area contributed by atoms with Gasteiger partial charge in [0, 0.05) is 35.7 Å². The summed E-state index contributed by atoms with van der Waals surface area (Å²) in [7, 11) is 9.32. The molecule has 36 heavy (non-hydrogen) atoms. The first-order valence-corrected chi connectivity index (χ1v) is 12.0. The maximum absolute atomic E-state index is 12.7. The number of carbonyl (C=O) groups is 3. The van der Waals surface area contributed by atoms with Gasteiger partial charge in [0.15, 0.2) is 0 Å². The van der Waals surface area contributed by atoms with Crippen LogP contribution < -0.4 is 5.32 Å². The summed E-state index contributed by atoms with van der Waals surface area (Å²) in [4.78, 5) is 42.8. The third-order valence-electron chi connectivity index (χ3n) is 6.73. The van der Waals surface area contributed by atoms with Crippen molar-refractivity contribution in [2.75, 3.05) is 20.7 Å². The van der Waals surface area contributed by atoms with Gasteiger partial charge in [0.1, 0.15) is 26.3 Å². The molecule has 0 saturated carbocycles. The van der Waals surface area contributed by atoms with E-state index in [1.165, 1.54) is 5.56 Å². The fourth-order valence-electron chi connectivity index (χ4n) is 4.53. The van der Waals surface area contributed by atoms with E-state index in [1.54, 1.807) is 14.0 Å². The van der Waals surface area contributed by atoms with Gasteiger partial charge >= 0.3 is 5.97 Å². The minimum atomic E-state index is -1.23. The van der Waals surface area contributed by atoms with Crippen molar-refractivity contribution in [1.82, 2.24) is 15.2 Å². The molecule has 1 aromatic carbocycles. The highest BCUT2D eigenvalue weighted by atomic mass is 16.6. The highest BCUT2D eigenvalue weighted by Gasteiger charge is 2.36. The number of likely N-dealkylation sites (N-methyl/N-ethyl adjacent to an activating group) is 1. The Morgan fingerprint density at radius 3 is 2.64 bits per heavy atom.